The van der Waals surface area contributed by atoms with Gasteiger partial charge in [-0.25, -0.2) is 14.5 Å². The predicted molar refractivity (Wildman–Crippen MR) is 101 cm³/mol. The van der Waals surface area contributed by atoms with E-state index in [1.165, 1.54) is 18.3 Å². The van der Waals surface area contributed by atoms with Crippen molar-refractivity contribution in [3.8, 4) is 0 Å². The Labute approximate surface area is 160 Å². The van der Waals surface area contributed by atoms with Gasteiger partial charge in [0.25, 0.3) is 0 Å². The lowest BCUT2D eigenvalue weighted by Crippen LogP contribution is -2.27. The highest BCUT2D eigenvalue weighted by molar-refractivity contribution is 7.14. The van der Waals surface area contributed by atoms with E-state index < -0.39 is 5.97 Å². The molecule has 0 saturated heterocycles. The van der Waals surface area contributed by atoms with Crippen LogP contribution in [0.25, 0.3) is 0 Å². The van der Waals surface area contributed by atoms with Crippen LogP contribution in [0.3, 0.4) is 0 Å². The van der Waals surface area contributed by atoms with Crippen LogP contribution in [-0.2, 0) is 22.7 Å². The van der Waals surface area contributed by atoms with Crippen molar-refractivity contribution in [3.05, 3.63) is 58.9 Å². The maximum atomic E-state index is 12.2. The molecule has 1 amide bonds. The number of hydrogen-bond donors (Lipinski definition) is 0. The van der Waals surface area contributed by atoms with Crippen molar-refractivity contribution in [2.24, 2.45) is 0 Å². The van der Waals surface area contributed by atoms with Gasteiger partial charge in [-0.3, -0.25) is 9.69 Å². The van der Waals surface area contributed by atoms with E-state index >= 15 is 0 Å². The van der Waals surface area contributed by atoms with Gasteiger partial charge in [0.1, 0.15) is 6.61 Å². The summed E-state index contributed by atoms with van der Waals surface area (Å²) in [5, 5.41) is 10.2. The Kier molecular flexibility index (Phi) is 5.92. The fourth-order valence-electron chi connectivity index (χ4n) is 2.43. The third kappa shape index (κ3) is 4.76. The molecule has 27 heavy (non-hydrogen) atoms. The number of thiazole rings is 1. The number of carbonyl (C=O) groups is 2. The van der Waals surface area contributed by atoms with Crippen LogP contribution in [0.15, 0.2) is 41.9 Å². The molecule has 0 aliphatic rings. The molecule has 140 valence electrons. The van der Waals surface area contributed by atoms with Crippen LogP contribution in [0.1, 0.15) is 35.6 Å². The first-order chi connectivity index (χ1) is 13.1. The summed E-state index contributed by atoms with van der Waals surface area (Å²) < 4.78 is 6.83. The van der Waals surface area contributed by atoms with Gasteiger partial charge in [0, 0.05) is 18.8 Å². The summed E-state index contributed by atoms with van der Waals surface area (Å²) in [6.07, 6.45) is 1.55. The fraction of sp³-hybridized carbons (Fsp3) is 0.278. The van der Waals surface area contributed by atoms with Crippen LogP contribution >= 0.6 is 11.3 Å². The van der Waals surface area contributed by atoms with Crippen LogP contribution in [-0.4, -0.2) is 38.4 Å². The van der Waals surface area contributed by atoms with Crippen LogP contribution in [0.2, 0.25) is 0 Å². The second-order valence-electron chi connectivity index (χ2n) is 5.75. The van der Waals surface area contributed by atoms with Crippen LogP contribution in [0, 0.1) is 0 Å². The monoisotopic (exact) mass is 385 g/mol. The van der Waals surface area contributed by atoms with Crippen LogP contribution < -0.4 is 4.90 Å². The predicted octanol–water partition coefficient (Wildman–Crippen LogP) is 2.51. The molecule has 2 aromatic heterocycles. The summed E-state index contributed by atoms with van der Waals surface area (Å²) in [6.45, 7) is 4.43. The minimum atomic E-state index is -0.567. The maximum Gasteiger partial charge on any atom is 0.360 e. The second kappa shape index (κ2) is 8.54. The minimum absolute atomic E-state index is 0.0103. The number of ether oxygens (including phenoxy) is 1. The summed E-state index contributed by atoms with van der Waals surface area (Å²) in [5.41, 5.74) is 1.78. The molecule has 1 aromatic carbocycles. The van der Waals surface area contributed by atoms with E-state index in [1.54, 1.807) is 21.2 Å². The standard InChI is InChI=1S/C18H19N5O3S/c1-3-23(13(2)24)18-19-15(12-27-18)11-26-17(25)16-10-22(21-20-16)9-14-7-5-4-6-8-14/h4-8,10,12H,3,9,11H2,1-2H3. The number of esters is 1. The largest absolute Gasteiger partial charge is 0.454 e. The first-order valence-electron chi connectivity index (χ1n) is 8.40. The zero-order chi connectivity index (χ0) is 19.2. The quantitative estimate of drug-likeness (QED) is 0.581. The molecule has 3 rings (SSSR count). The Morgan fingerprint density at radius 3 is 2.74 bits per heavy atom. The van der Waals surface area contributed by atoms with E-state index in [1.807, 2.05) is 37.3 Å². The molecule has 0 fully saturated rings. The van der Waals surface area contributed by atoms with Crippen LogP contribution in [0.5, 0.6) is 0 Å². The topological polar surface area (TPSA) is 90.2 Å². The van der Waals surface area contributed by atoms with Crippen LogP contribution in [0.4, 0.5) is 5.13 Å². The number of amides is 1. The zero-order valence-electron chi connectivity index (χ0n) is 15.0. The second-order valence-corrected chi connectivity index (χ2v) is 6.58. The van der Waals surface area contributed by atoms with Gasteiger partial charge in [0.05, 0.1) is 18.4 Å². The Morgan fingerprint density at radius 1 is 1.26 bits per heavy atom. The summed E-state index contributed by atoms with van der Waals surface area (Å²) in [6, 6.07) is 9.76. The van der Waals surface area contributed by atoms with Crippen molar-refractivity contribution in [1.82, 2.24) is 20.0 Å². The normalized spacial score (nSPS) is 10.6. The van der Waals surface area contributed by atoms with E-state index in [-0.39, 0.29) is 18.2 Å². The molecule has 2 heterocycles. The highest BCUT2D eigenvalue weighted by Crippen LogP contribution is 2.21. The van der Waals surface area contributed by atoms with E-state index in [9.17, 15) is 9.59 Å². The molecule has 0 atom stereocenters. The van der Waals surface area contributed by atoms with Gasteiger partial charge >= 0.3 is 5.97 Å². The number of anilines is 1. The average molecular weight is 385 g/mol. The molecule has 8 nitrogen and oxygen atoms in total. The number of nitrogens with zero attached hydrogens (tertiary/aromatic N) is 5. The van der Waals surface area contributed by atoms with E-state index in [0.29, 0.717) is 23.9 Å². The summed E-state index contributed by atoms with van der Waals surface area (Å²) in [5.74, 6) is -0.645. The fourth-order valence-corrected chi connectivity index (χ4v) is 3.35. The van der Waals surface area contributed by atoms with Gasteiger partial charge in [0.2, 0.25) is 5.91 Å². The summed E-state index contributed by atoms with van der Waals surface area (Å²) >= 11 is 1.33. The Morgan fingerprint density at radius 2 is 2.04 bits per heavy atom. The molecular formula is C18H19N5O3S. The lowest BCUT2D eigenvalue weighted by Gasteiger charge is -2.14. The van der Waals surface area contributed by atoms with Crippen molar-refractivity contribution in [1.29, 1.82) is 0 Å². The highest BCUT2D eigenvalue weighted by atomic mass is 32.1. The number of hydrogen-bond acceptors (Lipinski definition) is 7. The van der Waals surface area contributed by atoms with Gasteiger partial charge in [-0.05, 0) is 12.5 Å². The van der Waals surface area contributed by atoms with Gasteiger partial charge in [0.15, 0.2) is 10.8 Å². The van der Waals surface area contributed by atoms with E-state index in [0.717, 1.165) is 5.56 Å². The number of rotatable bonds is 7. The molecule has 0 aliphatic carbocycles. The smallest absolute Gasteiger partial charge is 0.360 e. The SMILES string of the molecule is CCN(C(C)=O)c1nc(COC(=O)c2cn(Cc3ccccc3)nn2)cs1. The third-order valence-electron chi connectivity index (χ3n) is 3.75. The summed E-state index contributed by atoms with van der Waals surface area (Å²) in [4.78, 5) is 29.6. The first-order valence-corrected chi connectivity index (χ1v) is 9.28. The first kappa shape index (κ1) is 18.7. The molecule has 0 spiro atoms. The van der Waals surface area contributed by atoms with Crippen molar-refractivity contribution in [2.45, 2.75) is 27.0 Å². The Bertz CT molecular complexity index is 922. The summed E-state index contributed by atoms with van der Waals surface area (Å²) in [7, 11) is 0. The molecule has 0 N–H and O–H groups in total. The third-order valence-corrected chi connectivity index (χ3v) is 4.67. The van der Waals surface area contributed by atoms with Gasteiger partial charge < -0.3 is 4.74 Å². The van der Waals surface area contributed by atoms with Gasteiger partial charge in [-0.2, -0.15) is 0 Å². The molecule has 9 heteroatoms. The Balaban J connectivity index is 1.57. The van der Waals surface area contributed by atoms with Crippen molar-refractivity contribution < 1.29 is 14.3 Å². The maximum absolute atomic E-state index is 12.2. The number of aromatic nitrogens is 4. The number of carbonyl (C=O) groups excluding carboxylic acids is 2. The molecule has 0 radical (unpaired) electrons. The number of benzene rings is 1. The molecular weight excluding hydrogens is 366 g/mol. The molecule has 0 aliphatic heterocycles. The average Bonchev–Trinajstić information content (AvgIpc) is 3.31. The molecule has 0 saturated carbocycles. The van der Waals surface area contributed by atoms with Crippen molar-refractivity contribution in [2.75, 3.05) is 11.4 Å². The lowest BCUT2D eigenvalue weighted by atomic mass is 10.2. The minimum Gasteiger partial charge on any atom is -0.454 e. The molecule has 3 aromatic rings. The van der Waals surface area contributed by atoms with Gasteiger partial charge in [-0.15, -0.1) is 16.4 Å². The highest BCUT2D eigenvalue weighted by Gasteiger charge is 2.16. The van der Waals surface area contributed by atoms with E-state index in [4.69, 9.17) is 4.74 Å². The van der Waals surface area contributed by atoms with E-state index in [2.05, 4.69) is 15.3 Å². The van der Waals surface area contributed by atoms with Crippen molar-refractivity contribution >= 4 is 28.3 Å². The Hall–Kier alpha value is -3.07. The van der Waals surface area contributed by atoms with Crippen molar-refractivity contribution in [3.63, 3.8) is 0 Å². The van der Waals surface area contributed by atoms with Gasteiger partial charge in [-0.1, -0.05) is 35.5 Å². The zero-order valence-corrected chi connectivity index (χ0v) is 15.8. The lowest BCUT2D eigenvalue weighted by molar-refractivity contribution is -0.116. The molecule has 0 bridgehead atoms. The molecule has 0 unspecified atom stereocenters.